The van der Waals surface area contributed by atoms with Crippen molar-refractivity contribution in [1.82, 2.24) is 15.1 Å². The van der Waals surface area contributed by atoms with Gasteiger partial charge < -0.3 is 10.4 Å². The maximum atomic E-state index is 9.88. The van der Waals surface area contributed by atoms with Gasteiger partial charge in [-0.15, -0.1) is 0 Å². The molecule has 1 aliphatic rings. The minimum Gasteiger partial charge on any atom is -0.391 e. The Balaban J connectivity index is 1.91. The minimum atomic E-state index is -0.395. The van der Waals surface area contributed by atoms with Crippen molar-refractivity contribution in [2.24, 2.45) is 7.05 Å². The van der Waals surface area contributed by atoms with E-state index in [1.54, 1.807) is 4.68 Å². The Hall–Kier alpha value is -0.580. The van der Waals surface area contributed by atoms with Crippen molar-refractivity contribution in [3.8, 4) is 0 Å². The summed E-state index contributed by atoms with van der Waals surface area (Å²) in [6.45, 7) is 2.51. The lowest BCUT2D eigenvalue weighted by molar-refractivity contribution is 0.169. The van der Waals surface area contributed by atoms with Gasteiger partial charge in [-0.3, -0.25) is 4.68 Å². The molecule has 0 radical (unpaired) electrons. The van der Waals surface area contributed by atoms with E-state index in [2.05, 4.69) is 10.4 Å². The standard InChI is InChI=1S/C11H18ClN3O/c1-7-11(12)10(15(2)14-7)5-9(16)6-13-8-3-4-8/h8-9,13,16H,3-6H2,1-2H3. The first-order valence-corrected chi connectivity index (χ1v) is 6.05. The van der Waals surface area contributed by atoms with Crippen LogP contribution in [0.1, 0.15) is 24.2 Å². The summed E-state index contributed by atoms with van der Waals surface area (Å²) in [6, 6.07) is 0.624. The van der Waals surface area contributed by atoms with E-state index in [0.29, 0.717) is 24.0 Å². The van der Waals surface area contributed by atoms with Gasteiger partial charge in [0, 0.05) is 26.1 Å². The van der Waals surface area contributed by atoms with Crippen LogP contribution >= 0.6 is 11.6 Å². The first-order chi connectivity index (χ1) is 7.58. The average Bonchev–Trinajstić information content (AvgIpc) is 3.01. The number of hydrogen-bond acceptors (Lipinski definition) is 3. The fraction of sp³-hybridized carbons (Fsp3) is 0.727. The Morgan fingerprint density at radius 1 is 1.62 bits per heavy atom. The third-order valence-corrected chi connectivity index (χ3v) is 3.40. The quantitative estimate of drug-likeness (QED) is 0.813. The maximum absolute atomic E-state index is 9.88. The number of aryl methyl sites for hydroxylation is 2. The second kappa shape index (κ2) is 4.73. The van der Waals surface area contributed by atoms with Crippen LogP contribution in [0, 0.1) is 6.92 Å². The van der Waals surface area contributed by atoms with Crippen molar-refractivity contribution in [3.63, 3.8) is 0 Å². The van der Waals surface area contributed by atoms with Gasteiger partial charge in [0.25, 0.3) is 0 Å². The van der Waals surface area contributed by atoms with Crippen LogP contribution in [0.2, 0.25) is 5.02 Å². The largest absolute Gasteiger partial charge is 0.391 e. The molecule has 0 amide bonds. The lowest BCUT2D eigenvalue weighted by Crippen LogP contribution is -2.30. The van der Waals surface area contributed by atoms with Crippen molar-refractivity contribution < 1.29 is 5.11 Å². The van der Waals surface area contributed by atoms with Gasteiger partial charge in [0.05, 0.1) is 22.5 Å². The molecule has 2 N–H and O–H groups in total. The molecule has 1 heterocycles. The number of hydrogen-bond donors (Lipinski definition) is 2. The fourth-order valence-corrected chi connectivity index (χ4v) is 2.02. The molecule has 1 atom stereocenters. The van der Waals surface area contributed by atoms with E-state index in [1.165, 1.54) is 12.8 Å². The maximum Gasteiger partial charge on any atom is 0.0847 e. The van der Waals surface area contributed by atoms with Crippen LogP contribution < -0.4 is 5.32 Å². The second-order valence-electron chi connectivity index (χ2n) is 4.51. The molecule has 0 saturated heterocycles. The summed E-state index contributed by atoms with van der Waals surface area (Å²) in [5, 5.41) is 18.1. The number of rotatable bonds is 5. The Morgan fingerprint density at radius 2 is 2.31 bits per heavy atom. The number of aliphatic hydroxyl groups excluding tert-OH is 1. The van der Waals surface area contributed by atoms with Crippen molar-refractivity contribution in [2.45, 2.75) is 38.3 Å². The van der Waals surface area contributed by atoms with Gasteiger partial charge in [0.15, 0.2) is 0 Å². The summed E-state index contributed by atoms with van der Waals surface area (Å²) >= 11 is 6.12. The third-order valence-electron chi connectivity index (χ3n) is 2.91. The molecule has 5 heteroatoms. The Bertz CT molecular complexity index is 374. The summed E-state index contributed by atoms with van der Waals surface area (Å²) in [7, 11) is 1.86. The zero-order valence-corrected chi connectivity index (χ0v) is 10.5. The normalized spacial score (nSPS) is 17.8. The van der Waals surface area contributed by atoms with Crippen molar-refractivity contribution >= 4 is 11.6 Å². The molecule has 4 nitrogen and oxygen atoms in total. The van der Waals surface area contributed by atoms with Gasteiger partial charge in [-0.25, -0.2) is 0 Å². The van der Waals surface area contributed by atoms with E-state index in [4.69, 9.17) is 11.6 Å². The van der Waals surface area contributed by atoms with E-state index < -0.39 is 6.10 Å². The molecule has 1 aliphatic carbocycles. The summed E-state index contributed by atoms with van der Waals surface area (Å²) < 4.78 is 1.75. The van der Waals surface area contributed by atoms with E-state index in [0.717, 1.165) is 11.4 Å². The molecule has 16 heavy (non-hydrogen) atoms. The number of aliphatic hydroxyl groups is 1. The predicted octanol–water partition coefficient (Wildman–Crippen LogP) is 1.04. The molecule has 2 rings (SSSR count). The highest BCUT2D eigenvalue weighted by Crippen LogP contribution is 2.21. The monoisotopic (exact) mass is 243 g/mol. The van der Waals surface area contributed by atoms with Gasteiger partial charge in [-0.05, 0) is 19.8 Å². The van der Waals surface area contributed by atoms with Crippen LogP contribution in [0.4, 0.5) is 0 Å². The smallest absolute Gasteiger partial charge is 0.0847 e. The highest BCUT2D eigenvalue weighted by molar-refractivity contribution is 6.31. The van der Waals surface area contributed by atoms with E-state index in [-0.39, 0.29) is 0 Å². The highest BCUT2D eigenvalue weighted by atomic mass is 35.5. The molecular formula is C11H18ClN3O. The number of nitrogens with one attached hydrogen (secondary N) is 1. The lowest BCUT2D eigenvalue weighted by Gasteiger charge is -2.11. The summed E-state index contributed by atoms with van der Waals surface area (Å²) in [4.78, 5) is 0. The van der Waals surface area contributed by atoms with Crippen LogP contribution in [0.25, 0.3) is 0 Å². The zero-order chi connectivity index (χ0) is 11.7. The first-order valence-electron chi connectivity index (χ1n) is 5.67. The Morgan fingerprint density at radius 3 is 2.81 bits per heavy atom. The van der Waals surface area contributed by atoms with Gasteiger partial charge >= 0.3 is 0 Å². The number of halogens is 1. The molecule has 0 aliphatic heterocycles. The van der Waals surface area contributed by atoms with Gasteiger partial charge in [0.1, 0.15) is 0 Å². The van der Waals surface area contributed by atoms with Crippen LogP contribution in [-0.4, -0.2) is 33.6 Å². The van der Waals surface area contributed by atoms with Crippen molar-refractivity contribution in [3.05, 3.63) is 16.4 Å². The molecule has 0 aromatic carbocycles. The van der Waals surface area contributed by atoms with Crippen LogP contribution in [-0.2, 0) is 13.5 Å². The molecular weight excluding hydrogens is 226 g/mol. The van der Waals surface area contributed by atoms with Gasteiger partial charge in [0.2, 0.25) is 0 Å². The molecule has 1 aromatic rings. The summed E-state index contributed by atoms with van der Waals surface area (Å²) in [6.07, 6.45) is 2.62. The molecule has 1 aromatic heterocycles. The third kappa shape index (κ3) is 2.75. The Labute approximate surface area is 101 Å². The average molecular weight is 244 g/mol. The highest BCUT2D eigenvalue weighted by Gasteiger charge is 2.22. The lowest BCUT2D eigenvalue weighted by atomic mass is 10.2. The minimum absolute atomic E-state index is 0.395. The SMILES string of the molecule is Cc1nn(C)c(CC(O)CNC2CC2)c1Cl. The summed E-state index contributed by atoms with van der Waals surface area (Å²) in [5.41, 5.74) is 1.73. The molecule has 1 unspecified atom stereocenters. The molecule has 1 fully saturated rings. The predicted molar refractivity (Wildman–Crippen MR) is 63.7 cm³/mol. The topological polar surface area (TPSA) is 50.1 Å². The van der Waals surface area contributed by atoms with E-state index in [1.807, 2.05) is 14.0 Å². The number of nitrogens with zero attached hydrogens (tertiary/aromatic N) is 2. The molecule has 0 spiro atoms. The molecule has 90 valence electrons. The van der Waals surface area contributed by atoms with Gasteiger partial charge in [-0.2, -0.15) is 5.10 Å². The van der Waals surface area contributed by atoms with E-state index in [9.17, 15) is 5.11 Å². The van der Waals surface area contributed by atoms with E-state index >= 15 is 0 Å². The van der Waals surface area contributed by atoms with Crippen LogP contribution in [0.15, 0.2) is 0 Å². The fourth-order valence-electron chi connectivity index (χ4n) is 1.79. The van der Waals surface area contributed by atoms with Crippen molar-refractivity contribution in [1.29, 1.82) is 0 Å². The number of aromatic nitrogens is 2. The van der Waals surface area contributed by atoms with Crippen LogP contribution in [0.3, 0.4) is 0 Å². The molecule has 1 saturated carbocycles. The van der Waals surface area contributed by atoms with Crippen LogP contribution in [0.5, 0.6) is 0 Å². The second-order valence-corrected chi connectivity index (χ2v) is 4.89. The Kier molecular flexibility index (Phi) is 3.52. The van der Waals surface area contributed by atoms with Crippen molar-refractivity contribution in [2.75, 3.05) is 6.54 Å². The van der Waals surface area contributed by atoms with Gasteiger partial charge in [-0.1, -0.05) is 11.6 Å². The molecule has 0 bridgehead atoms. The summed E-state index contributed by atoms with van der Waals surface area (Å²) in [5.74, 6) is 0. The first kappa shape index (κ1) is 11.9. The zero-order valence-electron chi connectivity index (χ0n) is 9.70.